The molecule has 2 aromatic heterocycles. The van der Waals surface area contributed by atoms with Crippen LogP contribution < -0.4 is 5.73 Å². The molecule has 2 rings (SSSR count). The lowest BCUT2D eigenvalue weighted by Crippen LogP contribution is -2.00. The summed E-state index contributed by atoms with van der Waals surface area (Å²) in [6.07, 6.45) is 3.12. The van der Waals surface area contributed by atoms with Gasteiger partial charge in [0.25, 0.3) is 0 Å². The summed E-state index contributed by atoms with van der Waals surface area (Å²) in [7, 11) is 0. The van der Waals surface area contributed by atoms with E-state index in [4.69, 9.17) is 5.73 Å². The monoisotopic (exact) mass is 149 g/mol. The summed E-state index contributed by atoms with van der Waals surface area (Å²) in [5.41, 5.74) is 7.07. The third-order valence-corrected chi connectivity index (χ3v) is 1.50. The number of aryl methyl sites for hydroxylation is 1. The highest BCUT2D eigenvalue weighted by Gasteiger charge is 2.01. The lowest BCUT2D eigenvalue weighted by molar-refractivity contribution is 0.901. The molecular weight excluding hydrogens is 142 g/mol. The molecule has 0 aliphatic carbocycles. The molecule has 0 amide bonds. The summed E-state index contributed by atoms with van der Waals surface area (Å²) in [6.45, 7) is 1.90. The molecule has 0 aliphatic rings. The van der Waals surface area contributed by atoms with Gasteiger partial charge in [-0.2, -0.15) is 5.10 Å². The summed E-state index contributed by atoms with van der Waals surface area (Å²) >= 11 is 0. The molecular formula is C6H7N5. The molecule has 0 spiro atoms. The minimum Gasteiger partial charge on any atom is -0.381 e. The Hall–Kier alpha value is -1.65. The fraction of sp³-hybridized carbons (Fsp3) is 0.167. The van der Waals surface area contributed by atoms with Gasteiger partial charge in [-0.15, -0.1) is 0 Å². The van der Waals surface area contributed by atoms with Gasteiger partial charge in [0.15, 0.2) is 11.5 Å². The van der Waals surface area contributed by atoms with Crippen LogP contribution in [-0.4, -0.2) is 19.6 Å². The van der Waals surface area contributed by atoms with Crippen LogP contribution in [0.1, 0.15) is 5.69 Å². The molecule has 11 heavy (non-hydrogen) atoms. The molecule has 5 heteroatoms. The predicted molar refractivity (Wildman–Crippen MR) is 39.9 cm³/mol. The molecule has 0 unspecified atom stereocenters. The number of aromatic nitrogens is 4. The Labute approximate surface area is 62.9 Å². The molecule has 2 aromatic rings. The van der Waals surface area contributed by atoms with Gasteiger partial charge in [-0.05, 0) is 6.92 Å². The summed E-state index contributed by atoms with van der Waals surface area (Å²) in [6, 6.07) is 0. The lowest BCUT2D eigenvalue weighted by Gasteiger charge is -1.97. The number of rotatable bonds is 0. The van der Waals surface area contributed by atoms with Crippen molar-refractivity contribution >= 4 is 11.5 Å². The summed E-state index contributed by atoms with van der Waals surface area (Å²) in [4.78, 5) is 7.88. The maximum Gasteiger partial charge on any atom is 0.198 e. The van der Waals surface area contributed by atoms with Gasteiger partial charge >= 0.3 is 0 Å². The summed E-state index contributed by atoms with van der Waals surface area (Å²) in [5.74, 6) is 0.410. The quantitative estimate of drug-likeness (QED) is 0.573. The van der Waals surface area contributed by atoms with Gasteiger partial charge in [0.2, 0.25) is 0 Å². The average molecular weight is 149 g/mol. The summed E-state index contributed by atoms with van der Waals surface area (Å²) < 4.78 is 1.66. The third-order valence-electron chi connectivity index (χ3n) is 1.50. The van der Waals surface area contributed by atoms with E-state index >= 15 is 0 Å². The standard InChI is InChI=1S/C6H7N5/c1-4-2-8-5(7)6-9-3-10-11(4)6/h2-3H,1H3,(H2,7,8). The van der Waals surface area contributed by atoms with Crippen LogP contribution in [0.4, 0.5) is 5.82 Å². The molecule has 0 bridgehead atoms. The van der Waals surface area contributed by atoms with E-state index in [1.807, 2.05) is 6.92 Å². The predicted octanol–water partition coefficient (Wildman–Crippen LogP) is 0.0149. The maximum absolute atomic E-state index is 5.54. The number of nitrogens with two attached hydrogens (primary N) is 1. The Morgan fingerprint density at radius 3 is 3.00 bits per heavy atom. The summed E-state index contributed by atoms with van der Waals surface area (Å²) in [5, 5.41) is 3.96. The Kier molecular flexibility index (Phi) is 1.06. The molecule has 0 aromatic carbocycles. The van der Waals surface area contributed by atoms with Crippen molar-refractivity contribution in [1.82, 2.24) is 19.6 Å². The zero-order valence-electron chi connectivity index (χ0n) is 6.02. The van der Waals surface area contributed by atoms with E-state index in [0.717, 1.165) is 5.69 Å². The van der Waals surface area contributed by atoms with Crippen LogP contribution in [0.5, 0.6) is 0 Å². The first-order chi connectivity index (χ1) is 5.29. The Balaban J connectivity index is 2.96. The van der Waals surface area contributed by atoms with Crippen LogP contribution in [-0.2, 0) is 0 Å². The van der Waals surface area contributed by atoms with E-state index in [1.54, 1.807) is 10.7 Å². The Morgan fingerprint density at radius 2 is 2.27 bits per heavy atom. The van der Waals surface area contributed by atoms with Crippen LogP contribution in [0.2, 0.25) is 0 Å². The highest BCUT2D eigenvalue weighted by atomic mass is 15.3. The van der Waals surface area contributed by atoms with Crippen molar-refractivity contribution in [2.75, 3.05) is 5.73 Å². The van der Waals surface area contributed by atoms with Crippen molar-refractivity contribution in [2.45, 2.75) is 6.92 Å². The highest BCUT2D eigenvalue weighted by Crippen LogP contribution is 2.06. The second kappa shape index (κ2) is 1.91. The minimum atomic E-state index is 0.410. The van der Waals surface area contributed by atoms with Gasteiger partial charge < -0.3 is 5.73 Å². The maximum atomic E-state index is 5.54. The van der Waals surface area contributed by atoms with Gasteiger partial charge in [0.05, 0.1) is 11.9 Å². The molecule has 0 radical (unpaired) electrons. The first-order valence-electron chi connectivity index (χ1n) is 3.20. The van der Waals surface area contributed by atoms with E-state index in [-0.39, 0.29) is 0 Å². The number of anilines is 1. The molecule has 56 valence electrons. The Bertz CT molecular complexity index is 355. The molecule has 0 saturated carbocycles. The molecule has 0 fully saturated rings. The SMILES string of the molecule is Cc1cnc(N)c2ncnn12. The molecule has 0 aliphatic heterocycles. The van der Waals surface area contributed by atoms with Crippen molar-refractivity contribution in [2.24, 2.45) is 0 Å². The van der Waals surface area contributed by atoms with Gasteiger partial charge in [-0.1, -0.05) is 0 Å². The minimum absolute atomic E-state index is 0.410. The fourth-order valence-corrected chi connectivity index (χ4v) is 0.950. The molecule has 0 atom stereocenters. The van der Waals surface area contributed by atoms with Gasteiger partial charge in [0.1, 0.15) is 6.33 Å². The molecule has 0 saturated heterocycles. The largest absolute Gasteiger partial charge is 0.381 e. The Morgan fingerprint density at radius 1 is 1.45 bits per heavy atom. The van der Waals surface area contributed by atoms with Crippen molar-refractivity contribution in [3.8, 4) is 0 Å². The number of hydrogen-bond donors (Lipinski definition) is 1. The van der Waals surface area contributed by atoms with E-state index in [2.05, 4.69) is 15.1 Å². The normalized spacial score (nSPS) is 10.6. The number of fused-ring (bicyclic) bond motifs is 1. The molecule has 2 heterocycles. The van der Waals surface area contributed by atoms with Crippen molar-refractivity contribution in [3.63, 3.8) is 0 Å². The van der Waals surface area contributed by atoms with E-state index in [0.29, 0.717) is 11.5 Å². The topological polar surface area (TPSA) is 69.1 Å². The van der Waals surface area contributed by atoms with Crippen LogP contribution in [0.3, 0.4) is 0 Å². The second-order valence-electron chi connectivity index (χ2n) is 2.28. The van der Waals surface area contributed by atoms with E-state index < -0.39 is 0 Å². The van der Waals surface area contributed by atoms with Crippen LogP contribution in [0.15, 0.2) is 12.5 Å². The van der Waals surface area contributed by atoms with Crippen LogP contribution in [0.25, 0.3) is 5.65 Å². The smallest absolute Gasteiger partial charge is 0.198 e. The van der Waals surface area contributed by atoms with E-state index in [1.165, 1.54) is 6.33 Å². The molecule has 2 N–H and O–H groups in total. The third kappa shape index (κ3) is 0.739. The highest BCUT2D eigenvalue weighted by molar-refractivity contribution is 5.58. The van der Waals surface area contributed by atoms with Crippen LogP contribution in [0, 0.1) is 6.92 Å². The van der Waals surface area contributed by atoms with Gasteiger partial charge in [0, 0.05) is 0 Å². The van der Waals surface area contributed by atoms with Crippen molar-refractivity contribution < 1.29 is 0 Å². The van der Waals surface area contributed by atoms with Crippen molar-refractivity contribution in [3.05, 3.63) is 18.2 Å². The van der Waals surface area contributed by atoms with Crippen LogP contribution >= 0.6 is 0 Å². The first-order valence-corrected chi connectivity index (χ1v) is 3.20. The van der Waals surface area contributed by atoms with Gasteiger partial charge in [-0.25, -0.2) is 14.5 Å². The number of nitrogen functional groups attached to an aromatic ring is 1. The number of nitrogens with zero attached hydrogens (tertiary/aromatic N) is 4. The first kappa shape index (κ1) is 6.09. The fourth-order valence-electron chi connectivity index (χ4n) is 0.950. The number of hydrogen-bond acceptors (Lipinski definition) is 4. The molecule has 5 nitrogen and oxygen atoms in total. The second-order valence-corrected chi connectivity index (χ2v) is 2.28. The lowest BCUT2D eigenvalue weighted by atomic mass is 10.5. The van der Waals surface area contributed by atoms with Gasteiger partial charge in [-0.3, -0.25) is 0 Å². The average Bonchev–Trinajstić information content (AvgIpc) is 2.45. The van der Waals surface area contributed by atoms with Crippen molar-refractivity contribution in [1.29, 1.82) is 0 Å². The zero-order valence-corrected chi connectivity index (χ0v) is 6.02. The van der Waals surface area contributed by atoms with E-state index in [9.17, 15) is 0 Å². The zero-order chi connectivity index (χ0) is 7.84.